The highest BCUT2D eigenvalue weighted by Crippen LogP contribution is 2.37. The number of hydrogen-bond acceptors (Lipinski definition) is 4. The van der Waals surface area contributed by atoms with Gasteiger partial charge in [-0.05, 0) is 40.2 Å². The van der Waals surface area contributed by atoms with E-state index in [-0.39, 0.29) is 5.60 Å². The van der Waals surface area contributed by atoms with E-state index in [0.29, 0.717) is 6.04 Å². The van der Waals surface area contributed by atoms with Gasteiger partial charge in [0.25, 0.3) is 0 Å². The average molecular weight is 240 g/mol. The Hall–Kier alpha value is -0.450. The Bertz CT molecular complexity index is 373. The van der Waals surface area contributed by atoms with Crippen LogP contribution in [0, 0.1) is 0 Å². The van der Waals surface area contributed by atoms with E-state index >= 15 is 0 Å². The summed E-state index contributed by atoms with van der Waals surface area (Å²) in [6, 6.07) is 0.432. The quantitative estimate of drug-likeness (QED) is 0.882. The Morgan fingerprint density at radius 3 is 2.88 bits per heavy atom. The lowest BCUT2D eigenvalue weighted by molar-refractivity contribution is 0.0188. The van der Waals surface area contributed by atoms with Crippen LogP contribution in [-0.2, 0) is 16.8 Å². The molecule has 1 aliphatic rings. The molecular formula is C12H20N2OS. The molecule has 1 aromatic heterocycles. The van der Waals surface area contributed by atoms with E-state index in [2.05, 4.69) is 19.2 Å². The third kappa shape index (κ3) is 2.01. The van der Waals surface area contributed by atoms with Crippen LogP contribution >= 0.6 is 11.3 Å². The van der Waals surface area contributed by atoms with Gasteiger partial charge in [0, 0.05) is 12.0 Å². The topological polar surface area (TPSA) is 34.1 Å². The number of rotatable bonds is 3. The van der Waals surface area contributed by atoms with Crippen LogP contribution in [0.15, 0.2) is 0 Å². The van der Waals surface area contributed by atoms with Gasteiger partial charge in [-0.15, -0.1) is 11.3 Å². The van der Waals surface area contributed by atoms with E-state index in [0.717, 1.165) is 5.01 Å². The molecule has 1 N–H and O–H groups in total. The van der Waals surface area contributed by atoms with Gasteiger partial charge in [0.15, 0.2) is 0 Å². The summed E-state index contributed by atoms with van der Waals surface area (Å²) in [5.74, 6) is 0. The molecule has 0 aromatic carbocycles. The highest BCUT2D eigenvalue weighted by molar-refractivity contribution is 7.11. The van der Waals surface area contributed by atoms with Gasteiger partial charge in [0.05, 0.1) is 11.7 Å². The maximum atomic E-state index is 5.50. The van der Waals surface area contributed by atoms with Gasteiger partial charge in [0.1, 0.15) is 10.6 Å². The number of methoxy groups -OCH3 is 1. The van der Waals surface area contributed by atoms with Crippen molar-refractivity contribution in [1.29, 1.82) is 0 Å². The number of thiazole rings is 1. The number of hydrogen-bond donors (Lipinski definition) is 1. The van der Waals surface area contributed by atoms with Gasteiger partial charge < -0.3 is 10.1 Å². The van der Waals surface area contributed by atoms with Crippen molar-refractivity contribution in [3.63, 3.8) is 0 Å². The van der Waals surface area contributed by atoms with Crippen molar-refractivity contribution in [3.05, 3.63) is 15.6 Å². The Morgan fingerprint density at radius 1 is 1.50 bits per heavy atom. The molecule has 16 heavy (non-hydrogen) atoms. The number of aromatic nitrogens is 1. The van der Waals surface area contributed by atoms with Crippen LogP contribution in [0.2, 0.25) is 0 Å². The van der Waals surface area contributed by atoms with E-state index in [1.165, 1.54) is 29.8 Å². The summed E-state index contributed by atoms with van der Waals surface area (Å²) in [5, 5.41) is 4.45. The normalized spacial score (nSPS) is 20.9. The molecule has 0 fully saturated rings. The van der Waals surface area contributed by atoms with E-state index in [4.69, 9.17) is 9.72 Å². The maximum Gasteiger partial charge on any atom is 0.125 e. The number of nitrogens with zero attached hydrogens (tertiary/aromatic N) is 1. The Kier molecular flexibility index (Phi) is 3.33. The molecule has 1 atom stereocenters. The predicted molar refractivity (Wildman–Crippen MR) is 66.9 cm³/mol. The first-order valence-corrected chi connectivity index (χ1v) is 6.62. The number of aryl methyl sites for hydroxylation is 1. The average Bonchev–Trinajstić information content (AvgIpc) is 2.73. The van der Waals surface area contributed by atoms with Crippen molar-refractivity contribution >= 4 is 11.3 Å². The SMILES string of the molecule is CNC1CCCc2sc(C(C)(C)OC)nc21. The predicted octanol–water partition coefficient (Wildman–Crippen LogP) is 2.62. The molecule has 0 saturated heterocycles. The minimum absolute atomic E-state index is 0.264. The summed E-state index contributed by atoms with van der Waals surface area (Å²) in [6.07, 6.45) is 3.62. The summed E-state index contributed by atoms with van der Waals surface area (Å²) in [5.41, 5.74) is 0.985. The first kappa shape index (κ1) is 12.0. The van der Waals surface area contributed by atoms with Crippen molar-refractivity contribution < 1.29 is 4.74 Å². The molecule has 0 amide bonds. The molecule has 4 heteroatoms. The van der Waals surface area contributed by atoms with Crippen LogP contribution in [0.3, 0.4) is 0 Å². The fraction of sp³-hybridized carbons (Fsp3) is 0.750. The molecule has 2 rings (SSSR count). The van der Waals surface area contributed by atoms with Crippen LogP contribution in [0.4, 0.5) is 0 Å². The molecule has 0 radical (unpaired) electrons. The van der Waals surface area contributed by atoms with Gasteiger partial charge >= 0.3 is 0 Å². The molecule has 1 unspecified atom stereocenters. The van der Waals surface area contributed by atoms with Crippen LogP contribution in [0.5, 0.6) is 0 Å². The molecule has 0 aliphatic heterocycles. The van der Waals surface area contributed by atoms with Crippen molar-refractivity contribution in [2.45, 2.75) is 44.8 Å². The largest absolute Gasteiger partial charge is 0.372 e. The van der Waals surface area contributed by atoms with Crippen LogP contribution in [0.25, 0.3) is 0 Å². The summed E-state index contributed by atoms with van der Waals surface area (Å²) in [7, 11) is 3.76. The van der Waals surface area contributed by atoms with Crippen molar-refractivity contribution in [3.8, 4) is 0 Å². The van der Waals surface area contributed by atoms with Crippen molar-refractivity contribution in [2.24, 2.45) is 0 Å². The number of ether oxygens (including phenoxy) is 1. The molecule has 0 bridgehead atoms. The second kappa shape index (κ2) is 4.43. The van der Waals surface area contributed by atoms with E-state index in [1.54, 1.807) is 7.11 Å². The minimum Gasteiger partial charge on any atom is -0.372 e. The third-order valence-corrected chi connectivity index (χ3v) is 4.76. The van der Waals surface area contributed by atoms with E-state index < -0.39 is 0 Å². The molecule has 0 saturated carbocycles. The molecule has 1 aromatic rings. The zero-order chi connectivity index (χ0) is 11.8. The lowest BCUT2D eigenvalue weighted by atomic mass is 9.98. The lowest BCUT2D eigenvalue weighted by Gasteiger charge is -2.20. The summed E-state index contributed by atoms with van der Waals surface area (Å²) < 4.78 is 5.50. The summed E-state index contributed by atoms with van der Waals surface area (Å²) >= 11 is 1.81. The summed E-state index contributed by atoms with van der Waals surface area (Å²) in [4.78, 5) is 6.21. The molecule has 0 spiro atoms. The Labute approximate surface area is 101 Å². The van der Waals surface area contributed by atoms with E-state index in [1.807, 2.05) is 18.4 Å². The van der Waals surface area contributed by atoms with Gasteiger partial charge in [-0.2, -0.15) is 0 Å². The second-order valence-electron chi connectivity index (χ2n) is 4.78. The van der Waals surface area contributed by atoms with E-state index in [9.17, 15) is 0 Å². The van der Waals surface area contributed by atoms with Crippen molar-refractivity contribution in [1.82, 2.24) is 10.3 Å². The van der Waals surface area contributed by atoms with Gasteiger partial charge in [-0.3, -0.25) is 0 Å². The Morgan fingerprint density at radius 2 is 2.25 bits per heavy atom. The van der Waals surface area contributed by atoms with Gasteiger partial charge in [-0.25, -0.2) is 4.98 Å². The highest BCUT2D eigenvalue weighted by atomic mass is 32.1. The molecular weight excluding hydrogens is 220 g/mol. The lowest BCUT2D eigenvalue weighted by Crippen LogP contribution is -2.22. The third-order valence-electron chi connectivity index (χ3n) is 3.33. The van der Waals surface area contributed by atoms with Gasteiger partial charge in [-0.1, -0.05) is 0 Å². The second-order valence-corrected chi connectivity index (χ2v) is 5.86. The number of fused-ring (bicyclic) bond motifs is 1. The van der Waals surface area contributed by atoms with Crippen LogP contribution in [0.1, 0.15) is 48.3 Å². The maximum absolute atomic E-state index is 5.50. The zero-order valence-corrected chi connectivity index (χ0v) is 11.3. The molecule has 1 aliphatic carbocycles. The fourth-order valence-corrected chi connectivity index (χ4v) is 3.29. The van der Waals surface area contributed by atoms with Crippen molar-refractivity contribution in [2.75, 3.05) is 14.2 Å². The van der Waals surface area contributed by atoms with Crippen LogP contribution in [-0.4, -0.2) is 19.1 Å². The Balaban J connectivity index is 2.36. The van der Waals surface area contributed by atoms with Crippen LogP contribution < -0.4 is 5.32 Å². The molecule has 90 valence electrons. The number of nitrogens with one attached hydrogen (secondary N) is 1. The van der Waals surface area contributed by atoms with Gasteiger partial charge in [0.2, 0.25) is 0 Å². The zero-order valence-electron chi connectivity index (χ0n) is 10.5. The first-order valence-electron chi connectivity index (χ1n) is 5.81. The highest BCUT2D eigenvalue weighted by Gasteiger charge is 2.29. The monoisotopic (exact) mass is 240 g/mol. The summed E-state index contributed by atoms with van der Waals surface area (Å²) in [6.45, 7) is 4.15. The molecule has 3 nitrogen and oxygen atoms in total. The molecule has 1 heterocycles. The standard InChI is InChI=1S/C12H20N2OS/c1-12(2,15-4)11-14-10-8(13-3)6-5-7-9(10)16-11/h8,13H,5-7H2,1-4H3. The minimum atomic E-state index is -0.264. The smallest absolute Gasteiger partial charge is 0.125 e. The first-order chi connectivity index (χ1) is 7.58. The fourth-order valence-electron chi connectivity index (χ4n) is 2.04.